The molecule has 4 aromatic heterocycles. The van der Waals surface area contributed by atoms with Crippen molar-refractivity contribution in [3.8, 4) is 67.9 Å². The summed E-state index contributed by atoms with van der Waals surface area (Å²) < 4.78 is 8.99. The van der Waals surface area contributed by atoms with Crippen molar-refractivity contribution in [1.82, 2.24) is 24.9 Å². The van der Waals surface area contributed by atoms with Crippen molar-refractivity contribution in [2.75, 3.05) is 0 Å². The molecule has 0 amide bonds. The largest absolute Gasteiger partial charge is 0.455 e. The fourth-order valence-electron chi connectivity index (χ4n) is 7.41. The molecule has 0 radical (unpaired) electrons. The van der Waals surface area contributed by atoms with Gasteiger partial charge in [-0.2, -0.15) is 0 Å². The van der Waals surface area contributed by atoms with Crippen molar-refractivity contribution in [2.24, 2.45) is 0 Å². The van der Waals surface area contributed by atoms with E-state index in [4.69, 9.17) is 29.3 Å². The maximum absolute atomic E-state index is 6.70. The molecule has 0 saturated heterocycles. The van der Waals surface area contributed by atoms with Crippen LogP contribution in [0.4, 0.5) is 0 Å². The van der Waals surface area contributed by atoms with E-state index in [1.807, 2.05) is 91.0 Å². The Labute approximate surface area is 325 Å². The fourth-order valence-corrected chi connectivity index (χ4v) is 8.56. The van der Waals surface area contributed by atoms with Gasteiger partial charge in [0.05, 0.1) is 21.5 Å². The summed E-state index contributed by atoms with van der Waals surface area (Å²) in [6.45, 7) is 0. The minimum atomic E-state index is 0.561. The molecule has 4 heterocycles. The second-order valence-corrected chi connectivity index (χ2v) is 14.7. The molecule has 7 heteroatoms. The normalized spacial score (nSPS) is 11.6. The fraction of sp³-hybridized carbons (Fsp3) is 0. The molecule has 0 aliphatic rings. The first-order valence-corrected chi connectivity index (χ1v) is 19.2. The van der Waals surface area contributed by atoms with Crippen LogP contribution in [0.1, 0.15) is 0 Å². The van der Waals surface area contributed by atoms with Crippen LogP contribution in [0.15, 0.2) is 180 Å². The molecule has 0 spiro atoms. The third kappa shape index (κ3) is 5.52. The Bertz CT molecular complexity index is 3180. The Kier molecular flexibility index (Phi) is 7.57. The van der Waals surface area contributed by atoms with Crippen LogP contribution in [0.5, 0.6) is 0 Å². The number of fused-ring (bicyclic) bond motifs is 6. The lowest BCUT2D eigenvalue weighted by atomic mass is 10.0. The van der Waals surface area contributed by atoms with Crippen molar-refractivity contribution in [1.29, 1.82) is 0 Å². The van der Waals surface area contributed by atoms with Gasteiger partial charge in [0.25, 0.3) is 0 Å². The number of aromatic nitrogens is 5. The van der Waals surface area contributed by atoms with E-state index in [2.05, 4.69) is 84.9 Å². The van der Waals surface area contributed by atoms with Crippen LogP contribution in [0.3, 0.4) is 0 Å². The number of benzene rings is 7. The topological polar surface area (TPSA) is 77.6 Å². The van der Waals surface area contributed by atoms with Crippen LogP contribution in [0, 0.1) is 0 Å². The Morgan fingerprint density at radius 2 is 0.929 bits per heavy atom. The first-order chi connectivity index (χ1) is 27.7. The zero-order valence-corrected chi connectivity index (χ0v) is 30.6. The highest BCUT2D eigenvalue weighted by molar-refractivity contribution is 7.26. The van der Waals surface area contributed by atoms with Crippen molar-refractivity contribution in [3.63, 3.8) is 0 Å². The molecule has 56 heavy (non-hydrogen) atoms. The predicted octanol–water partition coefficient (Wildman–Crippen LogP) is 12.9. The number of para-hydroxylation sites is 1. The number of nitrogens with zero attached hydrogens (tertiary/aromatic N) is 5. The quantitative estimate of drug-likeness (QED) is 0.169. The summed E-state index contributed by atoms with van der Waals surface area (Å²) in [6.07, 6.45) is 0. The predicted molar refractivity (Wildman–Crippen MR) is 228 cm³/mol. The van der Waals surface area contributed by atoms with Gasteiger partial charge in [-0.3, -0.25) is 0 Å². The van der Waals surface area contributed by atoms with Gasteiger partial charge in [-0.1, -0.05) is 152 Å². The minimum absolute atomic E-state index is 0.561. The maximum Gasteiger partial charge on any atom is 0.167 e. The first-order valence-electron chi connectivity index (χ1n) is 18.4. The summed E-state index contributed by atoms with van der Waals surface area (Å²) in [6, 6.07) is 59.9. The highest BCUT2D eigenvalue weighted by Gasteiger charge is 2.19. The van der Waals surface area contributed by atoms with Crippen LogP contribution in [0.2, 0.25) is 0 Å². The van der Waals surface area contributed by atoms with E-state index in [1.165, 1.54) is 4.70 Å². The van der Waals surface area contributed by atoms with E-state index >= 15 is 0 Å². The second kappa shape index (κ2) is 13.2. The molecule has 0 atom stereocenters. The summed E-state index contributed by atoms with van der Waals surface area (Å²) in [5, 5.41) is 3.19. The van der Waals surface area contributed by atoms with Gasteiger partial charge in [0, 0.05) is 43.1 Å². The average Bonchev–Trinajstić information content (AvgIpc) is 3.85. The molecular weight excluding hydrogens is 707 g/mol. The summed E-state index contributed by atoms with van der Waals surface area (Å²) in [5.41, 5.74) is 10.3. The molecule has 6 nitrogen and oxygen atoms in total. The van der Waals surface area contributed by atoms with E-state index in [1.54, 1.807) is 11.3 Å². The summed E-state index contributed by atoms with van der Waals surface area (Å²) in [4.78, 5) is 25.1. The lowest BCUT2D eigenvalue weighted by Gasteiger charge is -2.08. The van der Waals surface area contributed by atoms with Crippen LogP contribution in [-0.2, 0) is 0 Å². The van der Waals surface area contributed by atoms with E-state index < -0.39 is 0 Å². The molecule has 7 aromatic carbocycles. The zero-order chi connectivity index (χ0) is 37.0. The van der Waals surface area contributed by atoms with Gasteiger partial charge in [-0.05, 0) is 35.4 Å². The summed E-state index contributed by atoms with van der Waals surface area (Å²) in [7, 11) is 0. The Hall–Kier alpha value is -7.35. The van der Waals surface area contributed by atoms with Gasteiger partial charge >= 0.3 is 0 Å². The molecule has 11 rings (SSSR count). The molecule has 262 valence electrons. The van der Waals surface area contributed by atoms with E-state index in [0.29, 0.717) is 17.5 Å². The summed E-state index contributed by atoms with van der Waals surface area (Å²) >= 11 is 1.74. The van der Waals surface area contributed by atoms with E-state index in [9.17, 15) is 0 Å². The standard InChI is InChI=1S/C49H29N5OS/c1-4-13-32(14-5-1)46-50-42(45-43(51-46)38-19-10-11-22-41(38)56-45)31-25-23-30(24-26-31)35-27-28-36-37-20-12-21-39(44(37)55-40(36)29-35)49-53-47(33-15-6-2-7-16-33)52-48(54-49)34-17-8-3-9-18-34/h1-29H. The van der Waals surface area contributed by atoms with Gasteiger partial charge in [0.15, 0.2) is 23.3 Å². The van der Waals surface area contributed by atoms with Gasteiger partial charge in [0.1, 0.15) is 11.2 Å². The monoisotopic (exact) mass is 735 g/mol. The SMILES string of the molecule is c1ccc(-c2nc(-c3ccccc3)nc(-c3cccc4c3oc3cc(-c5ccc(-c6nc(-c7ccccc7)nc7c6sc6ccccc67)cc5)ccc34)n2)cc1. The van der Waals surface area contributed by atoms with Crippen LogP contribution in [-0.4, -0.2) is 24.9 Å². The number of hydrogen-bond acceptors (Lipinski definition) is 7. The van der Waals surface area contributed by atoms with Gasteiger partial charge < -0.3 is 4.42 Å². The Balaban J connectivity index is 0.996. The molecule has 0 aliphatic heterocycles. The molecule has 0 saturated carbocycles. The average molecular weight is 736 g/mol. The molecule has 0 N–H and O–H groups in total. The van der Waals surface area contributed by atoms with Crippen molar-refractivity contribution in [2.45, 2.75) is 0 Å². The summed E-state index contributed by atoms with van der Waals surface area (Å²) in [5.74, 6) is 2.51. The maximum atomic E-state index is 6.70. The molecule has 0 unspecified atom stereocenters. The zero-order valence-electron chi connectivity index (χ0n) is 29.8. The smallest absolute Gasteiger partial charge is 0.167 e. The molecule has 0 bridgehead atoms. The Morgan fingerprint density at radius 1 is 0.375 bits per heavy atom. The van der Waals surface area contributed by atoms with Gasteiger partial charge in [-0.25, -0.2) is 24.9 Å². The van der Waals surface area contributed by atoms with Crippen LogP contribution < -0.4 is 0 Å². The number of thiophene rings is 1. The number of furan rings is 1. The minimum Gasteiger partial charge on any atom is -0.455 e. The lowest BCUT2D eigenvalue weighted by Crippen LogP contribution is -2.00. The molecular formula is C49H29N5OS. The number of rotatable bonds is 6. The molecule has 11 aromatic rings. The molecule has 0 aliphatic carbocycles. The Morgan fingerprint density at radius 3 is 1.61 bits per heavy atom. The van der Waals surface area contributed by atoms with Crippen molar-refractivity contribution in [3.05, 3.63) is 176 Å². The number of hydrogen-bond donors (Lipinski definition) is 0. The highest BCUT2D eigenvalue weighted by atomic mass is 32.1. The van der Waals surface area contributed by atoms with Crippen LogP contribution in [0.25, 0.3) is 110 Å². The van der Waals surface area contributed by atoms with E-state index in [-0.39, 0.29) is 0 Å². The van der Waals surface area contributed by atoms with Crippen molar-refractivity contribution < 1.29 is 4.42 Å². The van der Waals surface area contributed by atoms with Crippen molar-refractivity contribution >= 4 is 53.6 Å². The first kappa shape index (κ1) is 32.1. The molecule has 0 fully saturated rings. The lowest BCUT2D eigenvalue weighted by molar-refractivity contribution is 0.669. The second-order valence-electron chi connectivity index (χ2n) is 13.6. The third-order valence-electron chi connectivity index (χ3n) is 10.2. The van der Waals surface area contributed by atoms with E-state index in [0.717, 1.165) is 88.0 Å². The van der Waals surface area contributed by atoms with Crippen LogP contribution >= 0.6 is 11.3 Å². The van der Waals surface area contributed by atoms with Gasteiger partial charge in [0.2, 0.25) is 0 Å². The highest BCUT2D eigenvalue weighted by Crippen LogP contribution is 2.41. The van der Waals surface area contributed by atoms with Gasteiger partial charge in [-0.15, -0.1) is 11.3 Å². The third-order valence-corrected chi connectivity index (χ3v) is 11.3.